The van der Waals surface area contributed by atoms with Gasteiger partial charge >= 0.3 is 0 Å². The maximum Gasteiger partial charge on any atom is 0.123 e. The van der Waals surface area contributed by atoms with Crippen LogP contribution in [0.1, 0.15) is 5.56 Å². The van der Waals surface area contributed by atoms with Crippen molar-refractivity contribution in [3.8, 4) is 0 Å². The van der Waals surface area contributed by atoms with E-state index >= 15 is 0 Å². The molecule has 0 spiro atoms. The van der Waals surface area contributed by atoms with Gasteiger partial charge < -0.3 is 9.47 Å². The number of nitrogens with two attached hydrogens (primary N) is 1. The van der Waals surface area contributed by atoms with E-state index in [0.717, 1.165) is 0 Å². The van der Waals surface area contributed by atoms with Crippen LogP contribution in [0, 0.1) is 5.82 Å². The van der Waals surface area contributed by atoms with Gasteiger partial charge in [0.1, 0.15) is 5.82 Å². The summed E-state index contributed by atoms with van der Waals surface area (Å²) in [6, 6.07) is 4.12. The molecule has 1 heterocycles. The fourth-order valence-electron chi connectivity index (χ4n) is 1.97. The Kier molecular flexibility index (Phi) is 4.91. The Morgan fingerprint density at radius 2 is 2.33 bits per heavy atom. The van der Waals surface area contributed by atoms with Gasteiger partial charge in [-0.3, -0.25) is 11.3 Å². The summed E-state index contributed by atoms with van der Waals surface area (Å²) in [6.45, 7) is 1.61. The zero-order valence-corrected chi connectivity index (χ0v) is 10.6. The van der Waals surface area contributed by atoms with Gasteiger partial charge in [-0.15, -0.1) is 0 Å². The number of rotatable bonds is 4. The zero-order chi connectivity index (χ0) is 13.0. The number of ether oxygens (including phenoxy) is 2. The Balaban J connectivity index is 2.06. The summed E-state index contributed by atoms with van der Waals surface area (Å²) in [5.41, 5.74) is 3.38. The lowest BCUT2D eigenvalue weighted by Gasteiger charge is -2.30. The molecule has 2 rings (SSSR count). The van der Waals surface area contributed by atoms with Crippen LogP contribution in [0.25, 0.3) is 0 Å². The molecule has 1 fully saturated rings. The fraction of sp³-hybridized carbons (Fsp3) is 0.500. The van der Waals surface area contributed by atoms with Crippen molar-refractivity contribution >= 4 is 11.6 Å². The average Bonchev–Trinajstić information content (AvgIpc) is 2.41. The Morgan fingerprint density at radius 3 is 3.00 bits per heavy atom. The molecular weight excluding hydrogens is 259 g/mol. The van der Waals surface area contributed by atoms with Crippen molar-refractivity contribution < 1.29 is 13.9 Å². The topological polar surface area (TPSA) is 56.5 Å². The van der Waals surface area contributed by atoms with Gasteiger partial charge in [0.2, 0.25) is 0 Å². The third kappa shape index (κ3) is 3.40. The lowest BCUT2D eigenvalue weighted by atomic mass is 10.0. The predicted octanol–water partition coefficient (Wildman–Crippen LogP) is 1.27. The molecule has 0 saturated carbocycles. The molecule has 0 aliphatic carbocycles. The summed E-state index contributed by atoms with van der Waals surface area (Å²) in [5.74, 6) is 5.20. The molecule has 0 amide bonds. The van der Waals surface area contributed by atoms with Crippen molar-refractivity contribution in [3.05, 3.63) is 34.6 Å². The van der Waals surface area contributed by atoms with Crippen LogP contribution in [0.2, 0.25) is 5.02 Å². The van der Waals surface area contributed by atoms with Crippen molar-refractivity contribution in [3.63, 3.8) is 0 Å². The minimum atomic E-state index is -0.314. The van der Waals surface area contributed by atoms with Crippen LogP contribution in [0.3, 0.4) is 0 Å². The van der Waals surface area contributed by atoms with Crippen molar-refractivity contribution in [2.75, 3.05) is 19.8 Å². The first kappa shape index (κ1) is 13.7. The van der Waals surface area contributed by atoms with E-state index < -0.39 is 0 Å². The summed E-state index contributed by atoms with van der Waals surface area (Å²) in [5, 5.41) is 0.522. The molecule has 0 aromatic heterocycles. The number of halogens is 2. The van der Waals surface area contributed by atoms with E-state index in [2.05, 4.69) is 5.43 Å². The van der Waals surface area contributed by atoms with Gasteiger partial charge in [-0.1, -0.05) is 11.6 Å². The molecule has 100 valence electrons. The van der Waals surface area contributed by atoms with Gasteiger partial charge in [0.05, 0.1) is 32.0 Å². The van der Waals surface area contributed by atoms with Gasteiger partial charge in [-0.25, -0.2) is 4.39 Å². The monoisotopic (exact) mass is 274 g/mol. The maximum absolute atomic E-state index is 13.2. The fourth-order valence-corrected chi connectivity index (χ4v) is 2.17. The van der Waals surface area contributed by atoms with Crippen LogP contribution in [0.4, 0.5) is 4.39 Å². The van der Waals surface area contributed by atoms with E-state index in [9.17, 15) is 4.39 Å². The molecule has 1 saturated heterocycles. The molecule has 4 nitrogen and oxygen atoms in total. The molecule has 1 aliphatic heterocycles. The highest BCUT2D eigenvalue weighted by Gasteiger charge is 2.25. The highest BCUT2D eigenvalue weighted by Crippen LogP contribution is 2.20. The number of benzene rings is 1. The van der Waals surface area contributed by atoms with Crippen molar-refractivity contribution in [2.24, 2.45) is 5.84 Å². The summed E-state index contributed by atoms with van der Waals surface area (Å²) in [4.78, 5) is 0. The first-order valence-electron chi connectivity index (χ1n) is 5.80. The standard InChI is InChI=1S/C12H16ClFN2O2/c13-10-2-1-9(14)5-8(10)6-11(16-15)12-7-17-3-4-18-12/h1-2,5,11-12,16H,3-4,6-7,15H2. The quantitative estimate of drug-likeness (QED) is 0.641. The minimum absolute atomic E-state index is 0.150. The van der Waals surface area contributed by atoms with Crippen LogP contribution in [0.15, 0.2) is 18.2 Å². The van der Waals surface area contributed by atoms with E-state index in [1.165, 1.54) is 18.2 Å². The smallest absolute Gasteiger partial charge is 0.123 e. The van der Waals surface area contributed by atoms with Crippen LogP contribution in [0.5, 0.6) is 0 Å². The van der Waals surface area contributed by atoms with Crippen molar-refractivity contribution in [2.45, 2.75) is 18.6 Å². The summed E-state index contributed by atoms with van der Waals surface area (Å²) < 4.78 is 24.1. The summed E-state index contributed by atoms with van der Waals surface area (Å²) >= 11 is 6.03. The van der Waals surface area contributed by atoms with E-state index in [1.54, 1.807) is 0 Å². The second-order valence-electron chi connectivity index (χ2n) is 4.20. The number of nitrogens with one attached hydrogen (secondary N) is 1. The third-order valence-corrected chi connectivity index (χ3v) is 3.32. The molecule has 1 aliphatic rings. The molecule has 2 atom stereocenters. The van der Waals surface area contributed by atoms with E-state index in [4.69, 9.17) is 26.9 Å². The van der Waals surface area contributed by atoms with Gasteiger partial charge in [0, 0.05) is 5.02 Å². The Bertz CT molecular complexity index is 400. The van der Waals surface area contributed by atoms with E-state index in [-0.39, 0.29) is 18.0 Å². The summed E-state index contributed by atoms with van der Waals surface area (Å²) in [7, 11) is 0. The molecule has 0 bridgehead atoms. The lowest BCUT2D eigenvalue weighted by molar-refractivity contribution is -0.101. The minimum Gasteiger partial charge on any atom is -0.376 e. The SMILES string of the molecule is NNC(Cc1cc(F)ccc1Cl)C1COCCO1. The van der Waals surface area contributed by atoms with Crippen LogP contribution >= 0.6 is 11.6 Å². The second-order valence-corrected chi connectivity index (χ2v) is 4.60. The van der Waals surface area contributed by atoms with Gasteiger partial charge in [-0.05, 0) is 30.2 Å². The molecule has 0 radical (unpaired) electrons. The Morgan fingerprint density at radius 1 is 1.50 bits per heavy atom. The molecule has 6 heteroatoms. The van der Waals surface area contributed by atoms with Crippen LogP contribution in [-0.4, -0.2) is 32.0 Å². The molecule has 3 N–H and O–H groups in total. The third-order valence-electron chi connectivity index (χ3n) is 2.95. The number of hydrogen-bond donors (Lipinski definition) is 2. The second kappa shape index (κ2) is 6.45. The van der Waals surface area contributed by atoms with E-state index in [0.29, 0.717) is 36.8 Å². The van der Waals surface area contributed by atoms with E-state index in [1.807, 2.05) is 0 Å². The first-order chi connectivity index (χ1) is 8.70. The van der Waals surface area contributed by atoms with Gasteiger partial charge in [0.15, 0.2) is 0 Å². The van der Waals surface area contributed by atoms with Gasteiger partial charge in [0.25, 0.3) is 0 Å². The number of hydrogen-bond acceptors (Lipinski definition) is 4. The Hall–Kier alpha value is -0.720. The normalized spacial score (nSPS) is 21.8. The number of hydrazine groups is 1. The molecule has 1 aromatic carbocycles. The van der Waals surface area contributed by atoms with Crippen molar-refractivity contribution in [1.82, 2.24) is 5.43 Å². The highest BCUT2D eigenvalue weighted by molar-refractivity contribution is 6.31. The van der Waals surface area contributed by atoms with Gasteiger partial charge in [-0.2, -0.15) is 0 Å². The predicted molar refractivity (Wildman–Crippen MR) is 66.8 cm³/mol. The van der Waals surface area contributed by atoms with Crippen LogP contribution in [-0.2, 0) is 15.9 Å². The summed E-state index contributed by atoms with van der Waals surface area (Å²) in [6.07, 6.45) is 0.337. The largest absolute Gasteiger partial charge is 0.376 e. The molecule has 18 heavy (non-hydrogen) atoms. The maximum atomic E-state index is 13.2. The first-order valence-corrected chi connectivity index (χ1v) is 6.18. The zero-order valence-electron chi connectivity index (χ0n) is 9.86. The highest BCUT2D eigenvalue weighted by atomic mass is 35.5. The molecule has 2 unspecified atom stereocenters. The molecular formula is C12H16ClFN2O2. The van der Waals surface area contributed by atoms with Crippen LogP contribution < -0.4 is 11.3 Å². The average molecular weight is 275 g/mol. The Labute approximate surface area is 110 Å². The lowest BCUT2D eigenvalue weighted by Crippen LogP contribution is -2.50. The molecule has 1 aromatic rings. The van der Waals surface area contributed by atoms with Crippen molar-refractivity contribution in [1.29, 1.82) is 0 Å².